The molecule has 0 amide bonds. The first-order valence-corrected chi connectivity index (χ1v) is 4.53. The number of carboxylic acid groups (broad SMARTS) is 1. The van der Waals surface area contributed by atoms with Gasteiger partial charge in [-0.3, -0.25) is 5.01 Å². The fraction of sp³-hybridized carbons (Fsp3) is 0.750. The highest BCUT2D eigenvalue weighted by atomic mass is 16.8. The molecule has 9 heteroatoms. The average Bonchev–Trinajstić information content (AvgIpc) is 2.27. The second kappa shape index (κ2) is 6.51. The molecule has 1 N–H and O–H groups in total. The number of rotatable bonds is 6. The molecule has 98 valence electrons. The summed E-state index contributed by atoms with van der Waals surface area (Å²) in [5.41, 5.74) is -1.23. The van der Waals surface area contributed by atoms with Gasteiger partial charge in [0.2, 0.25) is 0 Å². The van der Waals surface area contributed by atoms with E-state index < -0.39 is 24.5 Å². The number of methoxy groups -OCH3 is 1. The van der Waals surface area contributed by atoms with Gasteiger partial charge in [-0.1, -0.05) is 0 Å². The van der Waals surface area contributed by atoms with Crippen LogP contribution in [0.25, 0.3) is 0 Å². The van der Waals surface area contributed by atoms with Crippen molar-refractivity contribution in [3.8, 4) is 0 Å². The van der Waals surface area contributed by atoms with Crippen LogP contribution >= 0.6 is 0 Å². The summed E-state index contributed by atoms with van der Waals surface area (Å²) in [4.78, 5) is 25.7. The van der Waals surface area contributed by atoms with Gasteiger partial charge in [0, 0.05) is 12.3 Å². The normalized spacial score (nSPS) is 11.1. The molecule has 9 nitrogen and oxygen atoms in total. The minimum Gasteiger partial charge on any atom is -0.479 e. The summed E-state index contributed by atoms with van der Waals surface area (Å²) in [5.74, 6) is -1.07. The highest BCUT2D eigenvalue weighted by Crippen LogP contribution is 2.12. The fourth-order valence-electron chi connectivity index (χ4n) is 0.488. The minimum absolute atomic E-state index is 0.475. The lowest BCUT2D eigenvalue weighted by molar-refractivity contribution is -0.149. The number of nitrogens with zero attached hydrogens (tertiary/aromatic N) is 3. The van der Waals surface area contributed by atoms with Crippen molar-refractivity contribution in [1.82, 2.24) is 5.01 Å². The Morgan fingerprint density at radius 2 is 2.00 bits per heavy atom. The molecule has 0 rings (SSSR count). The third-order valence-corrected chi connectivity index (χ3v) is 1.96. The lowest BCUT2D eigenvalue weighted by Gasteiger charge is -2.26. The van der Waals surface area contributed by atoms with Crippen LogP contribution in [0.1, 0.15) is 13.8 Å². The van der Waals surface area contributed by atoms with Crippen LogP contribution in [0, 0.1) is 0 Å². The third kappa shape index (κ3) is 5.00. The van der Waals surface area contributed by atoms with Gasteiger partial charge in [0.1, 0.15) is 0 Å². The highest BCUT2D eigenvalue weighted by Gasteiger charge is 2.32. The van der Waals surface area contributed by atoms with Crippen molar-refractivity contribution in [1.29, 1.82) is 0 Å². The van der Waals surface area contributed by atoms with Crippen LogP contribution in [0.15, 0.2) is 10.5 Å². The lowest BCUT2D eigenvalue weighted by atomic mass is 10.1. The summed E-state index contributed by atoms with van der Waals surface area (Å²) in [6.07, 6.45) is -0.917. The molecule has 0 spiro atoms. The molecule has 0 fully saturated rings. The molecule has 0 aromatic heterocycles. The minimum atomic E-state index is -1.23. The van der Waals surface area contributed by atoms with Crippen LogP contribution in [-0.4, -0.2) is 48.7 Å². The molecule has 0 unspecified atom stereocenters. The van der Waals surface area contributed by atoms with E-state index in [1.54, 1.807) is 0 Å². The zero-order valence-electron chi connectivity index (χ0n) is 10.0. The van der Waals surface area contributed by atoms with Crippen molar-refractivity contribution in [3.63, 3.8) is 0 Å². The van der Waals surface area contributed by atoms with Crippen LogP contribution in [0.3, 0.4) is 0 Å². The van der Waals surface area contributed by atoms with E-state index in [0.717, 1.165) is 12.1 Å². The number of ether oxygens (including phenoxy) is 2. The standard InChI is InChI=1S/C8H15N3O6/c1-8(2,6(12)13)11(3)9-10-17-5-16-7(14)15-4/h5H2,1-4H3,(H,12,13). The van der Waals surface area contributed by atoms with Crippen molar-refractivity contribution in [2.45, 2.75) is 19.4 Å². The number of hydrogen-bond acceptors (Lipinski definition) is 7. The van der Waals surface area contributed by atoms with Gasteiger partial charge in [0.15, 0.2) is 5.54 Å². The van der Waals surface area contributed by atoms with E-state index in [-0.39, 0.29) is 0 Å². The Morgan fingerprint density at radius 3 is 2.47 bits per heavy atom. The van der Waals surface area contributed by atoms with E-state index >= 15 is 0 Å². The van der Waals surface area contributed by atoms with Crippen LogP contribution in [0.4, 0.5) is 4.79 Å². The smallest absolute Gasteiger partial charge is 0.479 e. The third-order valence-electron chi connectivity index (χ3n) is 1.96. The van der Waals surface area contributed by atoms with Gasteiger partial charge in [-0.2, -0.15) is 0 Å². The molecule has 0 aliphatic carbocycles. The van der Waals surface area contributed by atoms with Crippen LogP contribution in [0.2, 0.25) is 0 Å². The summed E-state index contributed by atoms with van der Waals surface area (Å²) < 4.78 is 8.50. The second-order valence-corrected chi connectivity index (χ2v) is 3.40. The van der Waals surface area contributed by atoms with Crippen molar-refractivity contribution >= 4 is 12.1 Å². The summed E-state index contributed by atoms with van der Waals surface area (Å²) in [7, 11) is 2.56. The van der Waals surface area contributed by atoms with E-state index in [0.29, 0.717) is 0 Å². The molecule has 0 saturated heterocycles. The topological polar surface area (TPSA) is 110 Å². The molecule has 0 radical (unpaired) electrons. The Labute approximate surface area is 97.9 Å². The first kappa shape index (κ1) is 14.9. The van der Waals surface area contributed by atoms with Gasteiger partial charge in [0.25, 0.3) is 6.79 Å². The Hall–Kier alpha value is -2.06. The molecule has 0 bridgehead atoms. The molecule has 0 heterocycles. The van der Waals surface area contributed by atoms with Gasteiger partial charge in [-0.15, -0.1) is 0 Å². The van der Waals surface area contributed by atoms with Crippen molar-refractivity contribution in [2.75, 3.05) is 21.0 Å². The van der Waals surface area contributed by atoms with Crippen molar-refractivity contribution in [2.24, 2.45) is 10.5 Å². The number of carbonyl (C=O) groups excluding carboxylic acids is 1. The Balaban J connectivity index is 4.01. The second-order valence-electron chi connectivity index (χ2n) is 3.40. The Morgan fingerprint density at radius 1 is 1.41 bits per heavy atom. The van der Waals surface area contributed by atoms with Gasteiger partial charge in [-0.25, -0.2) is 9.59 Å². The van der Waals surface area contributed by atoms with Gasteiger partial charge in [-0.05, 0) is 19.1 Å². The van der Waals surface area contributed by atoms with E-state index in [9.17, 15) is 9.59 Å². The average molecular weight is 249 g/mol. The Bertz CT molecular complexity index is 304. The summed E-state index contributed by atoms with van der Waals surface area (Å²) in [5, 5.41) is 16.6. The number of aliphatic carboxylic acids is 1. The van der Waals surface area contributed by atoms with Crippen molar-refractivity contribution < 1.29 is 29.0 Å². The molecule has 17 heavy (non-hydrogen) atoms. The van der Waals surface area contributed by atoms with E-state index in [2.05, 4.69) is 24.8 Å². The molecule has 0 aromatic carbocycles. The number of carboxylic acids is 1. The molecule has 0 atom stereocenters. The molecule has 0 aliphatic heterocycles. The van der Waals surface area contributed by atoms with Gasteiger partial charge >= 0.3 is 12.1 Å². The summed E-state index contributed by atoms with van der Waals surface area (Å²) >= 11 is 0. The van der Waals surface area contributed by atoms with Gasteiger partial charge in [0.05, 0.1) is 7.11 Å². The first-order valence-electron chi connectivity index (χ1n) is 4.53. The van der Waals surface area contributed by atoms with E-state index in [1.165, 1.54) is 20.9 Å². The number of likely N-dealkylation sites (N-methyl/N-ethyl adjacent to an activating group) is 1. The van der Waals surface area contributed by atoms with Crippen LogP contribution < -0.4 is 0 Å². The maximum absolute atomic E-state index is 10.8. The number of carbonyl (C=O) groups is 2. The maximum atomic E-state index is 10.8. The predicted octanol–water partition coefficient (Wildman–Crippen LogP) is 0.821. The molecule has 0 aromatic rings. The fourth-order valence-corrected chi connectivity index (χ4v) is 0.488. The van der Waals surface area contributed by atoms with Crippen molar-refractivity contribution in [3.05, 3.63) is 0 Å². The largest absolute Gasteiger partial charge is 0.510 e. The van der Waals surface area contributed by atoms with E-state index in [4.69, 9.17) is 5.11 Å². The zero-order valence-corrected chi connectivity index (χ0v) is 10.0. The lowest BCUT2D eigenvalue weighted by Crippen LogP contribution is -2.44. The molecule has 0 aliphatic rings. The zero-order chi connectivity index (χ0) is 13.5. The predicted molar refractivity (Wildman–Crippen MR) is 53.8 cm³/mol. The SMILES string of the molecule is COC(=O)OCON=NN(C)C(C)(C)C(=O)O. The molecular weight excluding hydrogens is 234 g/mol. The maximum Gasteiger partial charge on any atom is 0.510 e. The quantitative estimate of drug-likeness (QED) is 0.244. The monoisotopic (exact) mass is 249 g/mol. The van der Waals surface area contributed by atoms with E-state index in [1.807, 2.05) is 0 Å². The summed E-state index contributed by atoms with van der Waals surface area (Å²) in [6, 6.07) is 0. The van der Waals surface area contributed by atoms with Crippen LogP contribution in [-0.2, 0) is 19.1 Å². The van der Waals surface area contributed by atoms with Gasteiger partial charge < -0.3 is 19.4 Å². The van der Waals surface area contributed by atoms with Crippen LogP contribution in [0.5, 0.6) is 0 Å². The summed E-state index contributed by atoms with van der Waals surface area (Å²) in [6.45, 7) is 2.41. The first-order chi connectivity index (χ1) is 7.82. The molecular formula is C8H15N3O6. The molecule has 0 saturated carbocycles. The number of hydrogen-bond donors (Lipinski definition) is 1. The Kier molecular flexibility index (Phi) is 5.72. The highest BCUT2D eigenvalue weighted by molar-refractivity contribution is 5.77.